The summed E-state index contributed by atoms with van der Waals surface area (Å²) in [5, 5.41) is 8.44. The van der Waals surface area contributed by atoms with Gasteiger partial charge in [0.15, 0.2) is 0 Å². The summed E-state index contributed by atoms with van der Waals surface area (Å²) in [5.41, 5.74) is 8.28. The van der Waals surface area contributed by atoms with Gasteiger partial charge in [0, 0.05) is 25.7 Å². The maximum absolute atomic E-state index is 6.04. The highest BCUT2D eigenvalue weighted by atomic mass is 32.1. The van der Waals surface area contributed by atoms with Crippen molar-refractivity contribution in [2.24, 2.45) is 12.8 Å². The Balaban J connectivity index is 2.05. The molecule has 0 aliphatic heterocycles. The van der Waals surface area contributed by atoms with E-state index < -0.39 is 0 Å². The van der Waals surface area contributed by atoms with Gasteiger partial charge in [0.2, 0.25) is 0 Å². The van der Waals surface area contributed by atoms with Gasteiger partial charge in [0.25, 0.3) is 0 Å². The molecule has 2 heterocycles. The Hall–Kier alpha value is -1.13. The second-order valence-corrected chi connectivity index (χ2v) is 4.13. The summed E-state index contributed by atoms with van der Waals surface area (Å²) in [6.07, 6.45) is 2.74. The zero-order valence-corrected chi connectivity index (χ0v) is 8.87. The maximum Gasteiger partial charge on any atom is 0.0643 e. The van der Waals surface area contributed by atoms with Crippen LogP contribution in [0.4, 0.5) is 0 Å². The van der Waals surface area contributed by atoms with Crippen LogP contribution in [0.3, 0.4) is 0 Å². The average molecular weight is 207 g/mol. The Bertz CT molecular complexity index is 391. The molecular weight excluding hydrogens is 194 g/mol. The van der Waals surface area contributed by atoms with Crippen LogP contribution in [0.25, 0.3) is 0 Å². The second-order valence-electron chi connectivity index (χ2n) is 3.35. The van der Waals surface area contributed by atoms with Gasteiger partial charge in [-0.05, 0) is 28.5 Å². The first-order valence-electron chi connectivity index (χ1n) is 4.52. The highest BCUT2D eigenvalue weighted by Gasteiger charge is 2.08. The largest absolute Gasteiger partial charge is 0.324 e. The Morgan fingerprint density at radius 1 is 1.57 bits per heavy atom. The Morgan fingerprint density at radius 2 is 2.43 bits per heavy atom. The predicted octanol–water partition coefficient (Wildman–Crippen LogP) is 1.72. The summed E-state index contributed by atoms with van der Waals surface area (Å²) in [6.45, 7) is 0. The molecule has 0 aromatic carbocycles. The van der Waals surface area contributed by atoms with E-state index in [1.165, 1.54) is 5.56 Å². The minimum atomic E-state index is 0.0659. The van der Waals surface area contributed by atoms with Gasteiger partial charge in [-0.2, -0.15) is 16.4 Å². The first kappa shape index (κ1) is 9.43. The summed E-state index contributed by atoms with van der Waals surface area (Å²) in [5.74, 6) is 0. The number of nitrogens with zero attached hydrogens (tertiary/aromatic N) is 2. The molecule has 74 valence electrons. The van der Waals surface area contributed by atoms with E-state index >= 15 is 0 Å². The molecule has 4 heteroatoms. The van der Waals surface area contributed by atoms with Crippen molar-refractivity contribution in [1.29, 1.82) is 0 Å². The summed E-state index contributed by atoms with van der Waals surface area (Å²) < 4.78 is 1.80. The number of aromatic nitrogens is 2. The molecule has 0 amide bonds. The maximum atomic E-state index is 6.04. The number of aryl methyl sites for hydroxylation is 1. The third kappa shape index (κ3) is 2.02. The molecule has 0 saturated carbocycles. The molecule has 0 radical (unpaired) electrons. The van der Waals surface area contributed by atoms with E-state index in [0.717, 1.165) is 12.1 Å². The fraction of sp³-hybridized carbons (Fsp3) is 0.300. The topological polar surface area (TPSA) is 43.8 Å². The summed E-state index contributed by atoms with van der Waals surface area (Å²) in [4.78, 5) is 0. The molecule has 14 heavy (non-hydrogen) atoms. The van der Waals surface area contributed by atoms with E-state index in [1.54, 1.807) is 16.0 Å². The first-order chi connectivity index (χ1) is 6.75. The molecule has 0 fully saturated rings. The van der Waals surface area contributed by atoms with Crippen LogP contribution < -0.4 is 5.73 Å². The van der Waals surface area contributed by atoms with Crippen LogP contribution in [0.1, 0.15) is 17.3 Å². The minimum Gasteiger partial charge on any atom is -0.324 e. The van der Waals surface area contributed by atoms with Gasteiger partial charge in [0.1, 0.15) is 0 Å². The van der Waals surface area contributed by atoms with Crippen molar-refractivity contribution in [3.63, 3.8) is 0 Å². The Morgan fingerprint density at radius 3 is 3.00 bits per heavy atom. The van der Waals surface area contributed by atoms with Crippen molar-refractivity contribution < 1.29 is 0 Å². The lowest BCUT2D eigenvalue weighted by atomic mass is 10.1. The molecule has 0 aliphatic carbocycles. The zero-order valence-electron chi connectivity index (χ0n) is 8.05. The van der Waals surface area contributed by atoms with E-state index in [9.17, 15) is 0 Å². The minimum absolute atomic E-state index is 0.0659. The van der Waals surface area contributed by atoms with Crippen molar-refractivity contribution >= 4 is 11.3 Å². The molecule has 2 aromatic heterocycles. The van der Waals surface area contributed by atoms with Gasteiger partial charge in [0.05, 0.1) is 5.69 Å². The number of thiophene rings is 1. The van der Waals surface area contributed by atoms with Gasteiger partial charge in [-0.25, -0.2) is 0 Å². The van der Waals surface area contributed by atoms with E-state index in [-0.39, 0.29) is 6.04 Å². The fourth-order valence-corrected chi connectivity index (χ4v) is 2.13. The van der Waals surface area contributed by atoms with Crippen LogP contribution in [0.5, 0.6) is 0 Å². The van der Waals surface area contributed by atoms with Gasteiger partial charge < -0.3 is 5.73 Å². The van der Waals surface area contributed by atoms with E-state index in [4.69, 9.17) is 5.73 Å². The molecule has 2 N–H and O–H groups in total. The summed E-state index contributed by atoms with van der Waals surface area (Å²) >= 11 is 1.68. The van der Waals surface area contributed by atoms with Gasteiger partial charge >= 0.3 is 0 Å². The van der Waals surface area contributed by atoms with Crippen molar-refractivity contribution in [2.75, 3.05) is 0 Å². The van der Waals surface area contributed by atoms with Crippen molar-refractivity contribution in [2.45, 2.75) is 12.5 Å². The van der Waals surface area contributed by atoms with Gasteiger partial charge in [-0.3, -0.25) is 4.68 Å². The second kappa shape index (κ2) is 3.94. The monoisotopic (exact) mass is 207 g/mol. The third-order valence-corrected chi connectivity index (χ3v) is 2.87. The van der Waals surface area contributed by atoms with Crippen LogP contribution in [0.15, 0.2) is 29.1 Å². The molecule has 1 unspecified atom stereocenters. The zero-order chi connectivity index (χ0) is 9.97. The van der Waals surface area contributed by atoms with Crippen molar-refractivity contribution in [1.82, 2.24) is 9.78 Å². The van der Waals surface area contributed by atoms with Gasteiger partial charge in [-0.15, -0.1) is 0 Å². The Labute approximate surface area is 87.2 Å². The smallest absolute Gasteiger partial charge is 0.0643 e. The van der Waals surface area contributed by atoms with Crippen LogP contribution in [-0.4, -0.2) is 9.78 Å². The average Bonchev–Trinajstić information content (AvgIpc) is 2.75. The molecule has 0 saturated heterocycles. The van der Waals surface area contributed by atoms with Crippen LogP contribution in [0.2, 0.25) is 0 Å². The van der Waals surface area contributed by atoms with E-state index in [0.29, 0.717) is 0 Å². The third-order valence-electron chi connectivity index (χ3n) is 2.17. The molecule has 1 atom stereocenters. The normalized spacial score (nSPS) is 13.0. The molecule has 2 rings (SSSR count). The summed E-state index contributed by atoms with van der Waals surface area (Å²) in [7, 11) is 1.92. The highest BCUT2D eigenvalue weighted by Crippen LogP contribution is 2.17. The van der Waals surface area contributed by atoms with E-state index in [1.807, 2.05) is 24.7 Å². The van der Waals surface area contributed by atoms with Crippen LogP contribution in [-0.2, 0) is 13.5 Å². The SMILES string of the molecule is Cn1ccc(CC(N)c2ccsc2)n1. The number of rotatable bonds is 3. The lowest BCUT2D eigenvalue weighted by Gasteiger charge is -2.06. The molecule has 3 nitrogen and oxygen atoms in total. The molecule has 0 spiro atoms. The van der Waals surface area contributed by atoms with Gasteiger partial charge in [-0.1, -0.05) is 0 Å². The fourth-order valence-electron chi connectivity index (χ4n) is 1.40. The number of hydrogen-bond donors (Lipinski definition) is 1. The molecule has 2 aromatic rings. The van der Waals surface area contributed by atoms with Crippen LogP contribution in [0, 0.1) is 0 Å². The summed E-state index contributed by atoms with van der Waals surface area (Å²) in [6, 6.07) is 4.14. The van der Waals surface area contributed by atoms with Crippen molar-refractivity contribution in [3.8, 4) is 0 Å². The molecule has 0 bridgehead atoms. The first-order valence-corrected chi connectivity index (χ1v) is 5.46. The standard InChI is InChI=1S/C10H13N3S/c1-13-4-2-9(12-13)6-10(11)8-3-5-14-7-8/h2-5,7,10H,6,11H2,1H3. The lowest BCUT2D eigenvalue weighted by Crippen LogP contribution is -2.12. The highest BCUT2D eigenvalue weighted by molar-refractivity contribution is 7.07. The van der Waals surface area contributed by atoms with Crippen LogP contribution >= 0.6 is 11.3 Å². The predicted molar refractivity (Wildman–Crippen MR) is 58.2 cm³/mol. The lowest BCUT2D eigenvalue weighted by molar-refractivity contribution is 0.677. The molecule has 0 aliphatic rings. The number of nitrogens with two attached hydrogens (primary N) is 1. The van der Waals surface area contributed by atoms with E-state index in [2.05, 4.69) is 16.5 Å². The molecular formula is C10H13N3S. The van der Waals surface area contributed by atoms with Crippen molar-refractivity contribution in [3.05, 3.63) is 40.3 Å². The quantitative estimate of drug-likeness (QED) is 0.833. The Kier molecular flexibility index (Phi) is 2.65. The number of hydrogen-bond acceptors (Lipinski definition) is 3.